The number of hydrogen-bond donors (Lipinski definition) is 0. The summed E-state index contributed by atoms with van der Waals surface area (Å²) in [5, 5.41) is 0. The molecule has 0 radical (unpaired) electrons. The SMILES string of the molecule is CCCCCCCCCCCCCCCCCC[N+](CCCCCCCCCCCCCCCCCC)(CCCCCCCCCCCCCCCCCC)Cc1ccc(S(=O)(=O)[O-])cc1. The van der Waals surface area contributed by atoms with E-state index >= 15 is 0 Å². The molecule has 0 unspecified atom stereocenters. The fourth-order valence-electron chi connectivity index (χ4n) is 10.7. The first kappa shape index (κ1) is 63.1. The van der Waals surface area contributed by atoms with Crippen LogP contribution in [0.1, 0.15) is 335 Å². The molecule has 1 rings (SSSR count). The number of unbranched alkanes of at least 4 members (excludes halogenated alkanes) is 45. The average Bonchev–Trinajstić information content (AvgIpc) is 3.31. The molecule has 0 atom stereocenters. The summed E-state index contributed by atoms with van der Waals surface area (Å²) in [7, 11) is -4.43. The average molecular weight is 945 g/mol. The second-order valence-corrected chi connectivity index (χ2v) is 23.1. The summed E-state index contributed by atoms with van der Waals surface area (Å²) >= 11 is 0. The van der Waals surface area contributed by atoms with Crippen molar-refractivity contribution in [1.82, 2.24) is 0 Å². The van der Waals surface area contributed by atoms with Gasteiger partial charge in [0.1, 0.15) is 16.7 Å². The molecule has 4 nitrogen and oxygen atoms in total. The fourth-order valence-corrected chi connectivity index (χ4v) is 11.2. The van der Waals surface area contributed by atoms with Crippen molar-refractivity contribution < 1.29 is 17.5 Å². The Kier molecular flexibility index (Phi) is 45.7. The molecule has 0 spiro atoms. The van der Waals surface area contributed by atoms with Gasteiger partial charge in [0.25, 0.3) is 0 Å². The van der Waals surface area contributed by atoms with Crippen LogP contribution in [-0.2, 0) is 16.7 Å². The number of nitrogens with zero attached hydrogens (tertiary/aromatic N) is 1. The lowest BCUT2D eigenvalue weighted by molar-refractivity contribution is -0.941. The molecule has 0 saturated carbocycles. The standard InChI is InChI=1S/C61H117NO3S/c1-4-7-10-13-16-19-22-25-28-31-34-37-40-43-46-49-56-62(59-60-52-54-61(55-53-60)66(63,64)65,57-50-47-44-41-38-35-32-29-26-23-20-17-14-11-8-5-2)58-51-48-45-42-39-36-33-30-27-24-21-18-15-12-9-6-3/h52-55H,4-51,56-59H2,1-3H3. The van der Waals surface area contributed by atoms with Crippen LogP contribution in [0.25, 0.3) is 0 Å². The molecule has 0 amide bonds. The summed E-state index contributed by atoms with van der Waals surface area (Å²) in [6.45, 7) is 11.5. The molecule has 0 aliphatic rings. The molecule has 5 heteroatoms. The first-order chi connectivity index (χ1) is 32.4. The maximum atomic E-state index is 11.8. The van der Waals surface area contributed by atoms with Gasteiger partial charge in [-0.15, -0.1) is 0 Å². The van der Waals surface area contributed by atoms with E-state index in [-0.39, 0.29) is 4.90 Å². The first-order valence-corrected chi connectivity index (χ1v) is 31.7. The fraction of sp³-hybridized carbons (Fsp3) is 0.902. The number of benzene rings is 1. The van der Waals surface area contributed by atoms with Crippen LogP contribution >= 0.6 is 0 Å². The monoisotopic (exact) mass is 944 g/mol. The van der Waals surface area contributed by atoms with E-state index in [1.807, 2.05) is 12.1 Å². The van der Waals surface area contributed by atoms with Gasteiger partial charge in [-0.1, -0.05) is 303 Å². The zero-order valence-electron chi connectivity index (χ0n) is 45.2. The van der Waals surface area contributed by atoms with Crippen molar-refractivity contribution in [3.63, 3.8) is 0 Å². The molecule has 0 fully saturated rings. The summed E-state index contributed by atoms with van der Waals surface area (Å²) in [5.41, 5.74) is 1.19. The molecule has 390 valence electrons. The molecule has 0 bridgehead atoms. The van der Waals surface area contributed by atoms with Crippen LogP contribution in [0.5, 0.6) is 0 Å². The smallest absolute Gasteiger partial charge is 0.124 e. The van der Waals surface area contributed by atoms with Crippen molar-refractivity contribution in [2.45, 2.75) is 340 Å². The highest BCUT2D eigenvalue weighted by molar-refractivity contribution is 7.85. The van der Waals surface area contributed by atoms with Gasteiger partial charge >= 0.3 is 0 Å². The van der Waals surface area contributed by atoms with Gasteiger partial charge in [0, 0.05) is 5.56 Å². The summed E-state index contributed by atoms with van der Waals surface area (Å²) < 4.78 is 36.5. The number of rotatable bonds is 54. The van der Waals surface area contributed by atoms with E-state index in [0.29, 0.717) is 0 Å². The van der Waals surface area contributed by atoms with Gasteiger partial charge in [0.2, 0.25) is 0 Å². The van der Waals surface area contributed by atoms with Gasteiger partial charge < -0.3 is 9.04 Å². The Balaban J connectivity index is 2.63. The summed E-state index contributed by atoms with van der Waals surface area (Å²) in [4.78, 5) is -0.0993. The van der Waals surface area contributed by atoms with Crippen molar-refractivity contribution in [3.05, 3.63) is 29.8 Å². The molecule has 0 aromatic heterocycles. The molecule has 1 aromatic carbocycles. The Morgan fingerprint density at radius 2 is 0.485 bits per heavy atom. The zero-order chi connectivity index (χ0) is 47.8. The van der Waals surface area contributed by atoms with Gasteiger partial charge in [-0.3, -0.25) is 0 Å². The molecule has 0 aliphatic heterocycles. The maximum Gasteiger partial charge on any atom is 0.124 e. The van der Waals surface area contributed by atoms with Crippen LogP contribution in [0.4, 0.5) is 0 Å². The highest BCUT2D eigenvalue weighted by Gasteiger charge is 2.27. The van der Waals surface area contributed by atoms with Crippen molar-refractivity contribution in [2.24, 2.45) is 0 Å². The minimum atomic E-state index is -4.43. The molecule has 66 heavy (non-hydrogen) atoms. The Labute approximate surface area is 415 Å². The van der Waals surface area contributed by atoms with E-state index in [9.17, 15) is 13.0 Å². The Morgan fingerprint density at radius 3 is 0.667 bits per heavy atom. The molecule has 0 aliphatic carbocycles. The lowest BCUT2D eigenvalue weighted by atomic mass is 10.0. The molecule has 1 aromatic rings. The van der Waals surface area contributed by atoms with Gasteiger partial charge in [-0.05, 0) is 50.7 Å². The largest absolute Gasteiger partial charge is 0.744 e. The second-order valence-electron chi connectivity index (χ2n) is 21.7. The minimum Gasteiger partial charge on any atom is -0.744 e. The third-order valence-corrected chi connectivity index (χ3v) is 16.0. The molecular weight excluding hydrogens is 827 g/mol. The van der Waals surface area contributed by atoms with Gasteiger partial charge in [-0.2, -0.15) is 0 Å². The third-order valence-electron chi connectivity index (χ3n) is 15.2. The third kappa shape index (κ3) is 40.9. The highest BCUT2D eigenvalue weighted by Crippen LogP contribution is 2.25. The van der Waals surface area contributed by atoms with Crippen LogP contribution < -0.4 is 0 Å². The minimum absolute atomic E-state index is 0.0993. The van der Waals surface area contributed by atoms with Crippen molar-refractivity contribution >= 4 is 10.1 Å². The lowest BCUT2D eigenvalue weighted by Gasteiger charge is -2.39. The Hall–Kier alpha value is -0.910. The molecule has 0 heterocycles. The van der Waals surface area contributed by atoms with Crippen LogP contribution in [0.3, 0.4) is 0 Å². The van der Waals surface area contributed by atoms with Crippen LogP contribution in [-0.4, -0.2) is 37.1 Å². The van der Waals surface area contributed by atoms with E-state index in [2.05, 4.69) is 20.8 Å². The van der Waals surface area contributed by atoms with Crippen molar-refractivity contribution in [2.75, 3.05) is 19.6 Å². The maximum absolute atomic E-state index is 11.8. The van der Waals surface area contributed by atoms with E-state index < -0.39 is 10.1 Å². The lowest BCUT2D eigenvalue weighted by Crippen LogP contribution is -2.49. The quantitative estimate of drug-likeness (QED) is 0.0371. The van der Waals surface area contributed by atoms with Crippen LogP contribution in [0, 0.1) is 0 Å². The van der Waals surface area contributed by atoms with Crippen molar-refractivity contribution in [3.8, 4) is 0 Å². The molecule has 0 N–H and O–H groups in total. The van der Waals surface area contributed by atoms with Crippen LogP contribution in [0.2, 0.25) is 0 Å². The summed E-state index contributed by atoms with van der Waals surface area (Å²) in [6.07, 6.45) is 67.1. The van der Waals surface area contributed by atoms with Crippen LogP contribution in [0.15, 0.2) is 29.2 Å². The van der Waals surface area contributed by atoms with E-state index in [0.717, 1.165) is 11.0 Å². The van der Waals surface area contributed by atoms with E-state index in [4.69, 9.17) is 0 Å². The number of hydrogen-bond acceptors (Lipinski definition) is 3. The Bertz CT molecular complexity index is 1130. The van der Waals surface area contributed by atoms with Gasteiger partial charge in [-0.25, -0.2) is 8.42 Å². The topological polar surface area (TPSA) is 57.2 Å². The zero-order valence-corrected chi connectivity index (χ0v) is 46.0. The first-order valence-electron chi connectivity index (χ1n) is 30.3. The second kappa shape index (κ2) is 47.8. The van der Waals surface area contributed by atoms with Crippen molar-refractivity contribution in [1.29, 1.82) is 0 Å². The van der Waals surface area contributed by atoms with E-state index in [1.54, 1.807) is 12.1 Å². The summed E-state index contributed by atoms with van der Waals surface area (Å²) in [6, 6.07) is 6.99. The predicted octanol–water partition coefficient (Wildman–Crippen LogP) is 20.7. The predicted molar refractivity (Wildman–Crippen MR) is 292 cm³/mol. The summed E-state index contributed by atoms with van der Waals surface area (Å²) in [5.74, 6) is 0. The molecule has 0 saturated heterocycles. The van der Waals surface area contributed by atoms with E-state index in [1.165, 1.54) is 333 Å². The van der Waals surface area contributed by atoms with Gasteiger partial charge in [0.05, 0.1) is 24.5 Å². The molecular formula is C61H117NO3S. The van der Waals surface area contributed by atoms with Gasteiger partial charge in [0.15, 0.2) is 0 Å². The Morgan fingerprint density at radius 1 is 0.303 bits per heavy atom. The number of quaternary nitrogens is 1. The highest BCUT2D eigenvalue weighted by atomic mass is 32.2. The normalized spacial score (nSPS) is 12.2.